The summed E-state index contributed by atoms with van der Waals surface area (Å²) in [4.78, 5) is 37.5. The van der Waals surface area contributed by atoms with Crippen molar-refractivity contribution in [3.8, 4) is 34.3 Å². The molecule has 3 aromatic rings. The third kappa shape index (κ3) is 8.32. The minimum Gasteiger partial charge on any atom is -0.508 e. The Hall–Kier alpha value is -4.33. The monoisotopic (exact) mass is 734 g/mol. The summed E-state index contributed by atoms with van der Waals surface area (Å²) in [6, 6.07) is 7.48. The average Bonchev–Trinajstić information content (AvgIpc) is 3.04. The van der Waals surface area contributed by atoms with E-state index in [2.05, 4.69) is 0 Å². The van der Waals surface area contributed by atoms with Crippen molar-refractivity contribution in [2.75, 3.05) is 6.61 Å². The fourth-order valence-electron chi connectivity index (χ4n) is 6.23. The van der Waals surface area contributed by atoms with Crippen LogP contribution in [0.3, 0.4) is 0 Å². The molecule has 0 bridgehead atoms. The Morgan fingerprint density at radius 1 is 0.846 bits per heavy atom. The predicted octanol–water partition coefficient (Wildman–Crippen LogP) is 0.960. The van der Waals surface area contributed by atoms with Crippen LogP contribution in [0.15, 0.2) is 45.6 Å². The summed E-state index contributed by atoms with van der Waals surface area (Å²) in [7, 11) is 0. The van der Waals surface area contributed by atoms with Crippen LogP contribution in [0.1, 0.15) is 41.0 Å². The van der Waals surface area contributed by atoms with Crippen LogP contribution in [0.4, 0.5) is 0 Å². The van der Waals surface area contributed by atoms with Gasteiger partial charge in [0.1, 0.15) is 83.3 Å². The molecule has 52 heavy (non-hydrogen) atoms. The number of benzene rings is 2. The number of carbonyl (C=O) groups excluding carboxylic acids is 2. The van der Waals surface area contributed by atoms with Gasteiger partial charge in [-0.2, -0.15) is 0 Å². The molecule has 7 N–H and O–H groups in total. The van der Waals surface area contributed by atoms with Gasteiger partial charge in [-0.3, -0.25) is 14.4 Å². The van der Waals surface area contributed by atoms with E-state index in [0.717, 1.165) is 19.1 Å². The SMILES string of the molecule is CC(=O)CC(C)(C)OC1C(O)C(Oc2c(-c3ccc(O)cc3)oc3cc(O)cc(O)c3c2=O)OC(C)C1OC1OC(COC(C)=O)C(O)C(O)C1O. The Morgan fingerprint density at radius 3 is 2.15 bits per heavy atom. The largest absolute Gasteiger partial charge is 0.508 e. The molecule has 284 valence electrons. The first-order chi connectivity index (χ1) is 24.4. The maximum atomic E-state index is 13.9. The molecule has 2 aliphatic heterocycles. The number of ketones is 1. The van der Waals surface area contributed by atoms with Crippen molar-refractivity contribution in [1.29, 1.82) is 0 Å². The number of rotatable bonds is 11. The molecule has 2 fully saturated rings. The van der Waals surface area contributed by atoms with Crippen LogP contribution in [0.2, 0.25) is 0 Å². The molecule has 2 aliphatic rings. The third-order valence-electron chi connectivity index (χ3n) is 8.57. The first-order valence-corrected chi connectivity index (χ1v) is 16.3. The summed E-state index contributed by atoms with van der Waals surface area (Å²) in [5, 5.41) is 73.8. The number of aliphatic hydroxyl groups excluding tert-OH is 4. The van der Waals surface area contributed by atoms with E-state index in [0.29, 0.717) is 0 Å². The molecular formula is C35H42O17. The van der Waals surface area contributed by atoms with Crippen LogP contribution < -0.4 is 10.2 Å². The molecule has 3 heterocycles. The number of fused-ring (bicyclic) bond motifs is 1. The number of aliphatic hydroxyl groups is 4. The quantitative estimate of drug-likeness (QED) is 0.135. The summed E-state index contributed by atoms with van der Waals surface area (Å²) in [5.41, 5.74) is -2.14. The van der Waals surface area contributed by atoms with E-state index in [1.54, 1.807) is 13.8 Å². The number of esters is 1. The summed E-state index contributed by atoms with van der Waals surface area (Å²) < 4.78 is 40.9. The van der Waals surface area contributed by atoms with Gasteiger partial charge in [0, 0.05) is 31.0 Å². The van der Waals surface area contributed by atoms with Gasteiger partial charge < -0.3 is 68.6 Å². The normalized spacial score (nSPS) is 29.5. The molecule has 0 aliphatic carbocycles. The zero-order valence-electron chi connectivity index (χ0n) is 28.9. The molecule has 0 amide bonds. The van der Waals surface area contributed by atoms with E-state index in [4.69, 9.17) is 32.8 Å². The van der Waals surface area contributed by atoms with Gasteiger partial charge in [-0.25, -0.2) is 0 Å². The lowest BCUT2D eigenvalue weighted by molar-refractivity contribution is -0.358. The van der Waals surface area contributed by atoms with Gasteiger partial charge in [0.2, 0.25) is 17.5 Å². The van der Waals surface area contributed by atoms with Crippen molar-refractivity contribution < 1.29 is 78.2 Å². The number of phenolic OH excluding ortho intramolecular Hbond substituents is 3. The second-order valence-electron chi connectivity index (χ2n) is 13.4. The molecule has 0 spiro atoms. The number of aromatic hydroxyl groups is 3. The Morgan fingerprint density at radius 2 is 1.52 bits per heavy atom. The summed E-state index contributed by atoms with van der Waals surface area (Å²) in [6.45, 7) is 6.62. The Labute approximate surface area is 296 Å². The molecule has 17 nitrogen and oxygen atoms in total. The molecule has 0 radical (unpaired) electrons. The van der Waals surface area contributed by atoms with Crippen LogP contribution in [0, 0.1) is 0 Å². The van der Waals surface area contributed by atoms with Gasteiger partial charge in [0.25, 0.3) is 0 Å². The van der Waals surface area contributed by atoms with Crippen molar-refractivity contribution in [1.82, 2.24) is 0 Å². The molecule has 1 aromatic heterocycles. The molecular weight excluding hydrogens is 692 g/mol. The van der Waals surface area contributed by atoms with Crippen molar-refractivity contribution >= 4 is 22.7 Å². The Kier molecular flexibility index (Phi) is 11.5. The second-order valence-corrected chi connectivity index (χ2v) is 13.4. The maximum absolute atomic E-state index is 13.9. The van der Waals surface area contributed by atoms with Crippen LogP contribution in [-0.2, 0) is 33.3 Å². The van der Waals surface area contributed by atoms with E-state index in [9.17, 15) is 50.1 Å². The number of Topliss-reactive ketones (excluding diaryl/α,β-unsaturated/α-hetero) is 1. The first kappa shape index (κ1) is 38.9. The average molecular weight is 735 g/mol. The summed E-state index contributed by atoms with van der Waals surface area (Å²) >= 11 is 0. The number of hydrogen-bond donors (Lipinski definition) is 7. The highest BCUT2D eigenvalue weighted by atomic mass is 16.7. The summed E-state index contributed by atoms with van der Waals surface area (Å²) in [6.07, 6.45) is -15.9. The molecule has 17 heteroatoms. The Balaban J connectivity index is 1.53. The summed E-state index contributed by atoms with van der Waals surface area (Å²) in [5.74, 6) is -2.83. The Bertz CT molecular complexity index is 1820. The van der Waals surface area contributed by atoms with E-state index in [-0.39, 0.29) is 40.2 Å². The first-order valence-electron chi connectivity index (χ1n) is 16.3. The number of hydrogen-bond acceptors (Lipinski definition) is 17. The van der Waals surface area contributed by atoms with Crippen molar-refractivity contribution in [3.63, 3.8) is 0 Å². The van der Waals surface area contributed by atoms with Crippen molar-refractivity contribution in [2.24, 2.45) is 0 Å². The standard InChI is InChI=1S/C35H42O17/c1-14(36)12-35(4,5)52-32-28(45)34(47-15(2)29(32)50-33-27(44)26(43)24(41)22(49-33)13-46-16(3)37)51-31-25(42)23-20(40)10-19(39)11-21(23)48-30(31)17-6-8-18(38)9-7-17/h6-11,15,22,24,26-29,32-34,38-41,43-45H,12-13H2,1-5H3. The zero-order valence-corrected chi connectivity index (χ0v) is 28.9. The minimum atomic E-state index is -1.84. The number of phenols is 3. The van der Waals surface area contributed by atoms with E-state index >= 15 is 0 Å². The van der Waals surface area contributed by atoms with Gasteiger partial charge >= 0.3 is 5.97 Å². The maximum Gasteiger partial charge on any atom is 0.302 e. The highest BCUT2D eigenvalue weighted by Crippen LogP contribution is 2.39. The van der Waals surface area contributed by atoms with E-state index < -0.39 is 102 Å². The predicted molar refractivity (Wildman–Crippen MR) is 176 cm³/mol. The number of carbonyl (C=O) groups is 2. The van der Waals surface area contributed by atoms with Crippen LogP contribution in [0.5, 0.6) is 23.0 Å². The molecule has 10 atom stereocenters. The third-order valence-corrected chi connectivity index (χ3v) is 8.57. The fraction of sp³-hybridized carbons (Fsp3) is 0.514. The second kappa shape index (κ2) is 15.3. The zero-order chi connectivity index (χ0) is 38.2. The molecule has 10 unspecified atom stereocenters. The molecule has 2 saturated heterocycles. The lowest BCUT2D eigenvalue weighted by Gasteiger charge is -2.48. The topological polar surface area (TPSA) is 261 Å². The number of ether oxygens (including phenoxy) is 6. The van der Waals surface area contributed by atoms with E-state index in [1.165, 1.54) is 38.1 Å². The minimum absolute atomic E-state index is 0.101. The van der Waals surface area contributed by atoms with Crippen LogP contribution in [0.25, 0.3) is 22.3 Å². The van der Waals surface area contributed by atoms with Crippen molar-refractivity contribution in [3.05, 3.63) is 46.6 Å². The van der Waals surface area contributed by atoms with E-state index in [1.807, 2.05) is 0 Å². The molecule has 0 saturated carbocycles. The molecule has 5 rings (SSSR count). The van der Waals surface area contributed by atoms with Crippen molar-refractivity contribution in [2.45, 2.75) is 108 Å². The molecule has 2 aromatic carbocycles. The van der Waals surface area contributed by atoms with Gasteiger partial charge in [0.15, 0.2) is 12.1 Å². The van der Waals surface area contributed by atoms with Gasteiger partial charge in [0.05, 0.1) is 11.7 Å². The van der Waals surface area contributed by atoms with Gasteiger partial charge in [-0.1, -0.05) is 0 Å². The van der Waals surface area contributed by atoms with Gasteiger partial charge in [-0.05, 0) is 52.0 Å². The smallest absolute Gasteiger partial charge is 0.302 e. The lowest BCUT2D eigenvalue weighted by Crippen LogP contribution is -2.65. The van der Waals surface area contributed by atoms with Crippen LogP contribution in [-0.4, -0.2) is 121 Å². The highest BCUT2D eigenvalue weighted by Gasteiger charge is 2.52. The lowest BCUT2D eigenvalue weighted by atomic mass is 9.95. The fourth-order valence-corrected chi connectivity index (χ4v) is 6.23. The van der Waals surface area contributed by atoms with Crippen LogP contribution >= 0.6 is 0 Å². The highest BCUT2D eigenvalue weighted by molar-refractivity contribution is 5.88. The van der Waals surface area contributed by atoms with Gasteiger partial charge in [-0.15, -0.1) is 0 Å².